The van der Waals surface area contributed by atoms with Crippen molar-refractivity contribution >= 4 is 62.4 Å². The number of carbonyl (C=O) groups is 1. The molecule has 0 N–H and O–H groups in total. The Morgan fingerprint density at radius 3 is 1.70 bits per heavy atom. The van der Waals surface area contributed by atoms with Crippen LogP contribution in [0.3, 0.4) is 0 Å². The number of nitro benzene ring substituents is 3. The van der Waals surface area contributed by atoms with E-state index in [2.05, 4.69) is 15.9 Å². The molecule has 2 rings (SSSR count). The minimum absolute atomic E-state index is 0.0303. The van der Waals surface area contributed by atoms with Crippen molar-refractivity contribution in [3.05, 3.63) is 69.7 Å². The Kier molecular flexibility index (Phi) is 6.27. The summed E-state index contributed by atoms with van der Waals surface area (Å²) >= 11 is 8.83. The number of halogens is 5. The summed E-state index contributed by atoms with van der Waals surface area (Å²) in [4.78, 5) is 42.1. The van der Waals surface area contributed by atoms with Crippen LogP contribution >= 0.6 is 27.5 Å². The van der Waals surface area contributed by atoms with Crippen molar-refractivity contribution in [1.29, 1.82) is 0 Å². The maximum Gasteiger partial charge on any atom is 0.416 e. The van der Waals surface area contributed by atoms with Crippen LogP contribution in [0.2, 0.25) is 5.02 Å². The minimum atomic E-state index is -5.19. The van der Waals surface area contributed by atoms with Gasteiger partial charge in [0.05, 0.1) is 25.4 Å². The molecule has 158 valence electrons. The molecule has 2 aromatic rings. The van der Waals surface area contributed by atoms with Crippen LogP contribution in [0.5, 0.6) is 0 Å². The number of rotatable bonds is 6. The molecule has 0 unspecified atom stereocenters. The molecule has 16 heteroatoms. The molecule has 0 aliphatic carbocycles. The van der Waals surface area contributed by atoms with E-state index in [4.69, 9.17) is 11.6 Å². The fourth-order valence-corrected chi connectivity index (χ4v) is 3.32. The van der Waals surface area contributed by atoms with Gasteiger partial charge in [0.25, 0.3) is 5.69 Å². The van der Waals surface area contributed by atoms with Gasteiger partial charge in [-0.15, -0.1) is 0 Å². The van der Waals surface area contributed by atoms with Crippen LogP contribution in [0, 0.1) is 30.3 Å². The van der Waals surface area contributed by atoms with Gasteiger partial charge in [-0.25, -0.2) is 0 Å². The zero-order valence-electron chi connectivity index (χ0n) is 13.9. The fourth-order valence-electron chi connectivity index (χ4n) is 2.44. The van der Waals surface area contributed by atoms with E-state index in [1.807, 2.05) is 0 Å². The summed E-state index contributed by atoms with van der Waals surface area (Å²) < 4.78 is 39.2. The Bertz CT molecular complexity index is 1060. The molecular formula is C14H5BrClF3N4O7. The molecule has 0 saturated carbocycles. The fraction of sp³-hybridized carbons (Fsp3) is 0.0714. The van der Waals surface area contributed by atoms with E-state index in [1.54, 1.807) is 0 Å². The molecule has 1 amide bonds. The van der Waals surface area contributed by atoms with Crippen LogP contribution in [-0.4, -0.2) is 21.2 Å². The Morgan fingerprint density at radius 1 is 0.900 bits per heavy atom. The summed E-state index contributed by atoms with van der Waals surface area (Å²) in [6.07, 6.45) is -5.47. The smallest absolute Gasteiger partial charge is 0.278 e. The third-order valence-corrected chi connectivity index (χ3v) is 4.33. The van der Waals surface area contributed by atoms with Crippen molar-refractivity contribution < 1.29 is 32.7 Å². The molecule has 11 nitrogen and oxygen atoms in total. The Morgan fingerprint density at radius 2 is 1.33 bits per heavy atom. The number of nitrogens with zero attached hydrogens (tertiary/aromatic N) is 4. The highest BCUT2D eigenvalue weighted by Gasteiger charge is 2.41. The predicted octanol–water partition coefficient (Wildman–Crippen LogP) is 5.14. The number of nitro groups is 3. The van der Waals surface area contributed by atoms with Gasteiger partial charge in [-0.05, 0) is 6.07 Å². The van der Waals surface area contributed by atoms with Crippen LogP contribution in [0.25, 0.3) is 0 Å². The van der Waals surface area contributed by atoms with Gasteiger partial charge in [-0.3, -0.25) is 40.0 Å². The lowest BCUT2D eigenvalue weighted by atomic mass is 10.1. The highest BCUT2D eigenvalue weighted by molar-refractivity contribution is 9.10. The van der Waals surface area contributed by atoms with Gasteiger partial charge in [-0.1, -0.05) is 27.5 Å². The monoisotopic (exact) mass is 512 g/mol. The van der Waals surface area contributed by atoms with Gasteiger partial charge in [0, 0.05) is 22.7 Å². The average Bonchev–Trinajstić information content (AvgIpc) is 2.61. The highest BCUT2D eigenvalue weighted by Crippen LogP contribution is 2.48. The molecule has 0 atom stereocenters. The van der Waals surface area contributed by atoms with Crippen LogP contribution in [0.4, 0.5) is 41.6 Å². The SMILES string of the molecule is O=CN(c1c(Cl)cc(Br)cc1[N+](=O)[O-])c1c([N+](=O)[O-])cc(C(F)(F)F)cc1[N+](=O)[O-]. The summed E-state index contributed by atoms with van der Waals surface area (Å²) in [5.41, 5.74) is -7.66. The second-order valence-electron chi connectivity index (χ2n) is 5.36. The van der Waals surface area contributed by atoms with E-state index >= 15 is 0 Å². The minimum Gasteiger partial charge on any atom is -0.278 e. The van der Waals surface area contributed by atoms with E-state index in [-0.39, 0.29) is 27.9 Å². The lowest BCUT2D eigenvalue weighted by Gasteiger charge is -2.19. The van der Waals surface area contributed by atoms with Crippen molar-refractivity contribution in [3.63, 3.8) is 0 Å². The van der Waals surface area contributed by atoms with Gasteiger partial charge in [-0.2, -0.15) is 13.2 Å². The Balaban J connectivity index is 3.01. The normalized spacial score (nSPS) is 11.1. The van der Waals surface area contributed by atoms with Crippen molar-refractivity contribution in [3.8, 4) is 0 Å². The summed E-state index contributed by atoms with van der Waals surface area (Å²) in [6.45, 7) is 0. The second kappa shape index (κ2) is 8.19. The average molecular weight is 514 g/mol. The van der Waals surface area contributed by atoms with E-state index in [9.17, 15) is 48.3 Å². The van der Waals surface area contributed by atoms with Crippen LogP contribution in [0.15, 0.2) is 28.7 Å². The Labute approximate surface area is 176 Å². The van der Waals surface area contributed by atoms with Crippen molar-refractivity contribution in [2.45, 2.75) is 6.18 Å². The Hall–Kier alpha value is -3.33. The highest BCUT2D eigenvalue weighted by atomic mass is 79.9. The van der Waals surface area contributed by atoms with Gasteiger partial charge in [0.15, 0.2) is 0 Å². The van der Waals surface area contributed by atoms with Gasteiger partial charge in [0.1, 0.15) is 5.69 Å². The molecule has 2 aromatic carbocycles. The largest absolute Gasteiger partial charge is 0.416 e. The zero-order chi connectivity index (χ0) is 23.0. The zero-order valence-corrected chi connectivity index (χ0v) is 16.3. The second-order valence-corrected chi connectivity index (χ2v) is 6.69. The molecule has 0 fully saturated rings. The molecule has 30 heavy (non-hydrogen) atoms. The first kappa shape index (κ1) is 23.0. The van der Waals surface area contributed by atoms with E-state index in [0.717, 1.165) is 12.1 Å². The maximum atomic E-state index is 13.0. The van der Waals surface area contributed by atoms with Crippen molar-refractivity contribution in [2.75, 3.05) is 4.90 Å². The van der Waals surface area contributed by atoms with Crippen LogP contribution < -0.4 is 4.90 Å². The first-order valence-corrected chi connectivity index (χ1v) is 8.38. The van der Waals surface area contributed by atoms with Gasteiger partial charge < -0.3 is 0 Å². The number of hydrogen-bond acceptors (Lipinski definition) is 7. The lowest BCUT2D eigenvalue weighted by molar-refractivity contribution is -0.393. The van der Waals surface area contributed by atoms with E-state index in [0.29, 0.717) is 0 Å². The van der Waals surface area contributed by atoms with Crippen molar-refractivity contribution in [1.82, 2.24) is 0 Å². The molecule has 0 heterocycles. The third-order valence-electron chi connectivity index (χ3n) is 3.58. The first-order chi connectivity index (χ1) is 13.8. The van der Waals surface area contributed by atoms with Crippen LogP contribution in [-0.2, 0) is 11.0 Å². The molecule has 0 spiro atoms. The quantitative estimate of drug-likeness (QED) is 0.295. The number of amides is 1. The van der Waals surface area contributed by atoms with Gasteiger partial charge in [0.2, 0.25) is 12.1 Å². The standard InChI is InChI=1S/C14H5BrClF3N4O7/c15-7-3-8(16)12(11(4-7)23(29)30)20(5-24)13-9(21(25)26)1-6(14(17,18)19)2-10(13)22(27)28/h1-5H. The molecule has 0 bridgehead atoms. The number of alkyl halides is 3. The third kappa shape index (κ3) is 4.30. The molecule has 0 aliphatic rings. The molecule has 0 saturated heterocycles. The van der Waals surface area contributed by atoms with Gasteiger partial charge >= 0.3 is 17.6 Å². The summed E-state index contributed by atoms with van der Waals surface area (Å²) in [7, 11) is 0. The van der Waals surface area contributed by atoms with E-state index in [1.165, 1.54) is 0 Å². The number of carbonyl (C=O) groups excluding carboxylic acids is 1. The summed E-state index contributed by atoms with van der Waals surface area (Å²) in [6, 6.07) is 1.83. The van der Waals surface area contributed by atoms with E-state index < -0.39 is 60.0 Å². The number of benzene rings is 2. The lowest BCUT2D eigenvalue weighted by Crippen LogP contribution is -2.20. The molecular weight excluding hydrogens is 509 g/mol. The predicted molar refractivity (Wildman–Crippen MR) is 98.8 cm³/mol. The first-order valence-electron chi connectivity index (χ1n) is 7.21. The number of hydrogen-bond donors (Lipinski definition) is 0. The topological polar surface area (TPSA) is 150 Å². The number of anilines is 2. The van der Waals surface area contributed by atoms with Crippen LogP contribution in [0.1, 0.15) is 5.56 Å². The summed E-state index contributed by atoms with van der Waals surface area (Å²) in [5.74, 6) is 0. The van der Waals surface area contributed by atoms with Crippen molar-refractivity contribution in [2.24, 2.45) is 0 Å². The maximum absolute atomic E-state index is 13.0. The molecule has 0 radical (unpaired) electrons. The molecule has 0 aliphatic heterocycles. The molecule has 0 aromatic heterocycles. The summed E-state index contributed by atoms with van der Waals surface area (Å²) in [5, 5.41) is 33.6.